The van der Waals surface area contributed by atoms with Gasteiger partial charge in [0.05, 0.1) is 31.1 Å². The van der Waals surface area contributed by atoms with Crippen molar-refractivity contribution in [2.45, 2.75) is 32.9 Å². The third kappa shape index (κ3) is 2.07. The van der Waals surface area contributed by atoms with Gasteiger partial charge in [0.1, 0.15) is 0 Å². The molecule has 2 rings (SSSR count). The van der Waals surface area contributed by atoms with Crippen LogP contribution in [-0.2, 0) is 11.3 Å². The highest BCUT2D eigenvalue weighted by Gasteiger charge is 2.32. The van der Waals surface area contributed by atoms with Crippen LogP contribution >= 0.6 is 0 Å². The second kappa shape index (κ2) is 3.28. The summed E-state index contributed by atoms with van der Waals surface area (Å²) in [4.78, 5) is 0. The van der Waals surface area contributed by atoms with Crippen molar-refractivity contribution in [3.63, 3.8) is 0 Å². The number of anilines is 1. The van der Waals surface area contributed by atoms with Crippen LogP contribution in [0.2, 0.25) is 0 Å². The monoisotopic (exact) mass is 195 g/mol. The van der Waals surface area contributed by atoms with Crippen LogP contribution in [0.15, 0.2) is 12.4 Å². The molecular weight excluding hydrogens is 178 g/mol. The molecule has 2 heterocycles. The Morgan fingerprint density at radius 3 is 3.00 bits per heavy atom. The molecule has 0 spiro atoms. The van der Waals surface area contributed by atoms with Gasteiger partial charge in [-0.25, -0.2) is 0 Å². The summed E-state index contributed by atoms with van der Waals surface area (Å²) in [6.07, 6.45) is 4.88. The van der Waals surface area contributed by atoms with Crippen molar-refractivity contribution in [2.24, 2.45) is 5.41 Å². The average molecular weight is 195 g/mol. The second-order valence-electron chi connectivity index (χ2n) is 4.80. The van der Waals surface area contributed by atoms with Crippen LogP contribution < -0.4 is 5.73 Å². The van der Waals surface area contributed by atoms with E-state index in [0.717, 1.165) is 19.6 Å². The minimum absolute atomic E-state index is 0.282. The van der Waals surface area contributed by atoms with Crippen LogP contribution in [-0.4, -0.2) is 22.5 Å². The summed E-state index contributed by atoms with van der Waals surface area (Å²) in [7, 11) is 0. The zero-order valence-electron chi connectivity index (χ0n) is 8.73. The largest absolute Gasteiger partial charge is 0.396 e. The molecule has 14 heavy (non-hydrogen) atoms. The number of aromatic nitrogens is 2. The molecule has 2 N–H and O–H groups in total. The lowest BCUT2D eigenvalue weighted by atomic mass is 9.91. The molecule has 1 aromatic rings. The van der Waals surface area contributed by atoms with E-state index in [4.69, 9.17) is 10.5 Å². The lowest BCUT2D eigenvalue weighted by molar-refractivity contribution is 0.0853. The first kappa shape index (κ1) is 9.52. The highest BCUT2D eigenvalue weighted by molar-refractivity contribution is 5.30. The molecule has 0 bridgehead atoms. The summed E-state index contributed by atoms with van der Waals surface area (Å²) in [5.41, 5.74) is 6.60. The number of ether oxygens (including phenoxy) is 1. The number of hydrogen-bond acceptors (Lipinski definition) is 3. The van der Waals surface area contributed by atoms with E-state index in [1.165, 1.54) is 0 Å². The fourth-order valence-electron chi connectivity index (χ4n) is 1.88. The Bertz CT molecular complexity index is 319. The molecular formula is C10H17N3O. The maximum atomic E-state index is 5.68. The molecule has 1 aliphatic rings. The average Bonchev–Trinajstić information content (AvgIpc) is 2.59. The van der Waals surface area contributed by atoms with Gasteiger partial charge in [0.2, 0.25) is 0 Å². The van der Waals surface area contributed by atoms with Crippen LogP contribution in [0.25, 0.3) is 0 Å². The predicted molar refractivity (Wildman–Crippen MR) is 54.8 cm³/mol. The van der Waals surface area contributed by atoms with Crippen LogP contribution in [0, 0.1) is 5.41 Å². The van der Waals surface area contributed by atoms with Crippen molar-refractivity contribution in [3.8, 4) is 0 Å². The predicted octanol–water partition coefficient (Wildman–Crippen LogP) is 1.28. The molecule has 4 nitrogen and oxygen atoms in total. The van der Waals surface area contributed by atoms with Gasteiger partial charge in [-0.05, 0) is 11.8 Å². The summed E-state index contributed by atoms with van der Waals surface area (Å²) in [5.74, 6) is 0. The maximum absolute atomic E-state index is 5.68. The molecule has 0 saturated carbocycles. The van der Waals surface area contributed by atoms with E-state index in [2.05, 4.69) is 18.9 Å². The number of nitrogens with two attached hydrogens (primary N) is 1. The Morgan fingerprint density at radius 2 is 2.50 bits per heavy atom. The number of rotatable bonds is 2. The number of nitrogen functional groups attached to an aromatic ring is 1. The molecule has 1 atom stereocenters. The molecule has 1 saturated heterocycles. The zero-order valence-corrected chi connectivity index (χ0v) is 8.73. The Morgan fingerprint density at radius 1 is 1.71 bits per heavy atom. The van der Waals surface area contributed by atoms with Gasteiger partial charge in [-0.1, -0.05) is 13.8 Å². The van der Waals surface area contributed by atoms with Gasteiger partial charge in [0.25, 0.3) is 0 Å². The minimum Gasteiger partial charge on any atom is -0.396 e. The molecule has 0 aliphatic carbocycles. The summed E-state index contributed by atoms with van der Waals surface area (Å²) < 4.78 is 7.53. The van der Waals surface area contributed by atoms with E-state index in [1.807, 2.05) is 10.9 Å². The number of hydrogen-bond donors (Lipinski definition) is 1. The molecule has 1 aliphatic heterocycles. The van der Waals surface area contributed by atoms with Gasteiger partial charge in [-0.2, -0.15) is 5.10 Å². The quantitative estimate of drug-likeness (QED) is 0.773. The zero-order chi connectivity index (χ0) is 10.2. The Labute approximate surface area is 84.0 Å². The fraction of sp³-hybridized carbons (Fsp3) is 0.700. The van der Waals surface area contributed by atoms with Crippen molar-refractivity contribution >= 4 is 5.69 Å². The Balaban J connectivity index is 1.94. The van der Waals surface area contributed by atoms with Gasteiger partial charge in [-0.3, -0.25) is 4.68 Å². The molecule has 0 aromatic carbocycles. The van der Waals surface area contributed by atoms with E-state index < -0.39 is 0 Å². The van der Waals surface area contributed by atoms with Crippen LogP contribution in [0.5, 0.6) is 0 Å². The SMILES string of the molecule is CC1(C)COC(Cn2cc(N)cn2)C1. The molecule has 4 heteroatoms. The van der Waals surface area contributed by atoms with Crippen molar-refractivity contribution in [1.82, 2.24) is 9.78 Å². The summed E-state index contributed by atoms with van der Waals surface area (Å²) in [5, 5.41) is 4.14. The van der Waals surface area contributed by atoms with Crippen molar-refractivity contribution in [2.75, 3.05) is 12.3 Å². The Hall–Kier alpha value is -1.03. The minimum atomic E-state index is 0.282. The van der Waals surface area contributed by atoms with Crippen LogP contribution in [0.1, 0.15) is 20.3 Å². The highest BCUT2D eigenvalue weighted by Crippen LogP contribution is 2.31. The first-order valence-electron chi connectivity index (χ1n) is 4.95. The highest BCUT2D eigenvalue weighted by atomic mass is 16.5. The van der Waals surface area contributed by atoms with Crippen LogP contribution in [0.3, 0.4) is 0 Å². The van der Waals surface area contributed by atoms with E-state index in [9.17, 15) is 0 Å². The Kier molecular flexibility index (Phi) is 2.23. The lowest BCUT2D eigenvalue weighted by Crippen LogP contribution is -2.16. The topological polar surface area (TPSA) is 53.1 Å². The van der Waals surface area contributed by atoms with E-state index in [1.54, 1.807) is 6.20 Å². The second-order valence-corrected chi connectivity index (χ2v) is 4.80. The standard InChI is InChI=1S/C10H17N3O/c1-10(2)3-9(14-7-10)6-13-5-8(11)4-12-13/h4-5,9H,3,6-7,11H2,1-2H3. The van der Waals surface area contributed by atoms with Gasteiger partial charge < -0.3 is 10.5 Å². The van der Waals surface area contributed by atoms with Gasteiger partial charge in [0, 0.05) is 6.20 Å². The normalized spacial score (nSPS) is 25.4. The van der Waals surface area contributed by atoms with Crippen molar-refractivity contribution in [3.05, 3.63) is 12.4 Å². The third-order valence-corrected chi connectivity index (χ3v) is 2.53. The summed E-state index contributed by atoms with van der Waals surface area (Å²) in [6, 6.07) is 0. The molecule has 1 unspecified atom stereocenters. The van der Waals surface area contributed by atoms with Crippen LogP contribution in [0.4, 0.5) is 5.69 Å². The van der Waals surface area contributed by atoms with E-state index in [0.29, 0.717) is 11.1 Å². The van der Waals surface area contributed by atoms with Gasteiger partial charge in [-0.15, -0.1) is 0 Å². The number of nitrogens with zero attached hydrogens (tertiary/aromatic N) is 2. The first-order chi connectivity index (χ1) is 6.55. The molecule has 0 amide bonds. The summed E-state index contributed by atoms with van der Waals surface area (Å²) >= 11 is 0. The molecule has 0 radical (unpaired) electrons. The lowest BCUT2D eigenvalue weighted by Gasteiger charge is -2.13. The van der Waals surface area contributed by atoms with Crippen molar-refractivity contribution < 1.29 is 4.74 Å². The van der Waals surface area contributed by atoms with E-state index in [-0.39, 0.29) is 6.10 Å². The van der Waals surface area contributed by atoms with Crippen molar-refractivity contribution in [1.29, 1.82) is 0 Å². The molecule has 1 fully saturated rings. The smallest absolute Gasteiger partial charge is 0.0777 e. The fourth-order valence-corrected chi connectivity index (χ4v) is 1.88. The summed E-state index contributed by atoms with van der Waals surface area (Å²) in [6.45, 7) is 6.10. The van der Waals surface area contributed by atoms with E-state index >= 15 is 0 Å². The van der Waals surface area contributed by atoms with Gasteiger partial charge >= 0.3 is 0 Å². The molecule has 1 aromatic heterocycles. The van der Waals surface area contributed by atoms with Gasteiger partial charge in [0.15, 0.2) is 0 Å². The third-order valence-electron chi connectivity index (χ3n) is 2.53. The maximum Gasteiger partial charge on any atom is 0.0777 e. The first-order valence-corrected chi connectivity index (χ1v) is 4.95. The molecule has 78 valence electrons.